The summed E-state index contributed by atoms with van der Waals surface area (Å²) in [4.78, 5) is 0. The molecule has 2 rings (SSSR count). The van der Waals surface area contributed by atoms with Crippen molar-refractivity contribution in [2.45, 2.75) is 52.4 Å². The quantitative estimate of drug-likeness (QED) is 0.452. The van der Waals surface area contributed by atoms with E-state index in [-0.39, 0.29) is 5.83 Å². The van der Waals surface area contributed by atoms with Crippen molar-refractivity contribution in [2.75, 3.05) is 0 Å². The van der Waals surface area contributed by atoms with Gasteiger partial charge < -0.3 is 0 Å². The molecule has 122 valence electrons. The van der Waals surface area contributed by atoms with E-state index in [4.69, 9.17) is 0 Å². The van der Waals surface area contributed by atoms with Crippen LogP contribution in [0.1, 0.15) is 57.1 Å². The molecule has 0 N–H and O–H groups in total. The highest BCUT2D eigenvalue weighted by Gasteiger charge is 2.02. The monoisotopic (exact) mass is 310 g/mol. The first-order valence-corrected chi connectivity index (χ1v) is 8.80. The summed E-state index contributed by atoms with van der Waals surface area (Å²) in [5.74, 6) is -0.106. The van der Waals surface area contributed by atoms with Crippen LogP contribution in [0.3, 0.4) is 0 Å². The van der Waals surface area contributed by atoms with Gasteiger partial charge in [-0.3, -0.25) is 0 Å². The summed E-state index contributed by atoms with van der Waals surface area (Å²) in [6.07, 6.45) is 8.21. The van der Waals surface area contributed by atoms with Gasteiger partial charge in [-0.05, 0) is 42.0 Å². The van der Waals surface area contributed by atoms with E-state index in [0.717, 1.165) is 37.7 Å². The van der Waals surface area contributed by atoms with E-state index in [1.54, 1.807) is 6.08 Å². The molecule has 0 saturated heterocycles. The Bertz CT molecular complexity index is 605. The predicted molar refractivity (Wildman–Crippen MR) is 99.1 cm³/mol. The number of allylic oxidation sites excluding steroid dienone is 1. The number of rotatable bonds is 8. The van der Waals surface area contributed by atoms with E-state index < -0.39 is 0 Å². The van der Waals surface area contributed by atoms with Crippen LogP contribution in [0.2, 0.25) is 0 Å². The van der Waals surface area contributed by atoms with E-state index in [2.05, 4.69) is 38.1 Å². The molecule has 0 fully saturated rings. The maximum absolute atomic E-state index is 14.1. The van der Waals surface area contributed by atoms with Crippen LogP contribution in [0.25, 0.3) is 17.0 Å². The van der Waals surface area contributed by atoms with Crippen molar-refractivity contribution in [1.29, 1.82) is 0 Å². The van der Waals surface area contributed by atoms with Gasteiger partial charge in [0.25, 0.3) is 0 Å². The first kappa shape index (κ1) is 17.5. The Hall–Kier alpha value is -1.89. The average molecular weight is 310 g/mol. The van der Waals surface area contributed by atoms with Gasteiger partial charge in [0.05, 0.1) is 0 Å². The summed E-state index contributed by atoms with van der Waals surface area (Å²) in [5, 5.41) is 0. The lowest BCUT2D eigenvalue weighted by atomic mass is 10.0. The van der Waals surface area contributed by atoms with Crippen molar-refractivity contribution in [3.63, 3.8) is 0 Å². The summed E-state index contributed by atoms with van der Waals surface area (Å²) >= 11 is 0. The zero-order valence-electron chi connectivity index (χ0n) is 14.3. The van der Waals surface area contributed by atoms with Gasteiger partial charge in [0.2, 0.25) is 0 Å². The molecule has 0 aliphatic heterocycles. The second-order valence-corrected chi connectivity index (χ2v) is 6.07. The van der Waals surface area contributed by atoms with Crippen molar-refractivity contribution in [2.24, 2.45) is 0 Å². The molecule has 1 heteroatoms. The summed E-state index contributed by atoms with van der Waals surface area (Å²) in [7, 11) is 0. The lowest BCUT2D eigenvalue weighted by Crippen LogP contribution is -1.85. The van der Waals surface area contributed by atoms with Gasteiger partial charge in [0.15, 0.2) is 0 Å². The van der Waals surface area contributed by atoms with Crippen LogP contribution in [-0.4, -0.2) is 0 Å². The molecule has 2 aromatic carbocycles. The molecule has 23 heavy (non-hydrogen) atoms. The van der Waals surface area contributed by atoms with Crippen molar-refractivity contribution < 1.29 is 4.39 Å². The number of benzene rings is 2. The van der Waals surface area contributed by atoms with Gasteiger partial charge in [-0.25, -0.2) is 4.39 Å². The van der Waals surface area contributed by atoms with Gasteiger partial charge in [-0.2, -0.15) is 0 Å². The minimum Gasteiger partial charge on any atom is -0.207 e. The molecule has 0 radical (unpaired) electrons. The molecule has 0 unspecified atom stereocenters. The molecule has 0 aliphatic rings. The Balaban J connectivity index is 2.03. The van der Waals surface area contributed by atoms with E-state index in [1.807, 2.05) is 24.3 Å². The molecule has 0 nitrogen and oxygen atoms in total. The summed E-state index contributed by atoms with van der Waals surface area (Å²) in [6.45, 7) is 4.35. The van der Waals surface area contributed by atoms with Gasteiger partial charge in [-0.1, -0.05) is 81.6 Å². The Kier molecular flexibility index (Phi) is 7.06. The van der Waals surface area contributed by atoms with Crippen LogP contribution in [0.4, 0.5) is 4.39 Å². The third-order valence-electron chi connectivity index (χ3n) is 4.12. The van der Waals surface area contributed by atoms with Gasteiger partial charge in [-0.15, -0.1) is 0 Å². The molecule has 0 aromatic heterocycles. The largest absolute Gasteiger partial charge is 0.207 e. The van der Waals surface area contributed by atoms with E-state index in [9.17, 15) is 4.39 Å². The smallest absolute Gasteiger partial charge is 0.126 e. The molecule has 0 spiro atoms. The van der Waals surface area contributed by atoms with Crippen LogP contribution in [0.15, 0.2) is 54.6 Å². The molecule has 0 bridgehead atoms. The second kappa shape index (κ2) is 9.29. The molecular weight excluding hydrogens is 283 g/mol. The third kappa shape index (κ3) is 5.35. The van der Waals surface area contributed by atoms with Crippen LogP contribution in [0, 0.1) is 0 Å². The van der Waals surface area contributed by atoms with Crippen molar-refractivity contribution in [3.05, 3.63) is 65.7 Å². The number of aryl methyl sites for hydroxylation is 1. The van der Waals surface area contributed by atoms with Crippen LogP contribution < -0.4 is 0 Å². The van der Waals surface area contributed by atoms with Crippen LogP contribution in [-0.2, 0) is 6.42 Å². The van der Waals surface area contributed by atoms with Crippen LogP contribution in [0.5, 0.6) is 0 Å². The highest BCUT2D eigenvalue weighted by atomic mass is 19.1. The van der Waals surface area contributed by atoms with E-state index in [0.29, 0.717) is 5.56 Å². The molecule has 0 atom stereocenters. The lowest BCUT2D eigenvalue weighted by molar-refractivity contribution is 0.712. The Morgan fingerprint density at radius 1 is 0.826 bits per heavy atom. The highest BCUT2D eigenvalue weighted by molar-refractivity contribution is 5.67. The minimum absolute atomic E-state index is 0.106. The third-order valence-corrected chi connectivity index (χ3v) is 4.12. The van der Waals surface area contributed by atoms with Crippen LogP contribution >= 0.6 is 0 Å². The fourth-order valence-electron chi connectivity index (χ4n) is 2.72. The van der Waals surface area contributed by atoms with E-state index >= 15 is 0 Å². The predicted octanol–water partition coefficient (Wildman–Crippen LogP) is 7.20. The highest BCUT2D eigenvalue weighted by Crippen LogP contribution is 2.24. The minimum atomic E-state index is -0.106. The van der Waals surface area contributed by atoms with Gasteiger partial charge >= 0.3 is 0 Å². The maximum atomic E-state index is 14.1. The van der Waals surface area contributed by atoms with Gasteiger partial charge in [0, 0.05) is 5.56 Å². The second-order valence-electron chi connectivity index (χ2n) is 6.07. The summed E-state index contributed by atoms with van der Waals surface area (Å²) in [5.41, 5.74) is 4.36. The zero-order chi connectivity index (χ0) is 16.5. The average Bonchev–Trinajstić information content (AvgIpc) is 2.60. The van der Waals surface area contributed by atoms with Crippen molar-refractivity contribution in [3.8, 4) is 11.1 Å². The Morgan fingerprint density at radius 3 is 2.00 bits per heavy atom. The fraction of sp³-hybridized carbons (Fsp3) is 0.364. The van der Waals surface area contributed by atoms with Gasteiger partial charge in [0.1, 0.15) is 5.83 Å². The summed E-state index contributed by atoms with van der Waals surface area (Å²) in [6, 6.07) is 16.4. The number of hydrogen-bond acceptors (Lipinski definition) is 0. The summed E-state index contributed by atoms with van der Waals surface area (Å²) < 4.78 is 14.1. The SMILES string of the molecule is CCCCC/C=C(/F)c1ccc(-c2ccc(CCC)cc2)cc1. The number of hydrogen-bond donors (Lipinski definition) is 0. The van der Waals surface area contributed by atoms with Crippen molar-refractivity contribution in [1.82, 2.24) is 0 Å². The lowest BCUT2D eigenvalue weighted by Gasteiger charge is -2.05. The number of halogens is 1. The molecule has 0 aliphatic carbocycles. The Morgan fingerprint density at radius 2 is 1.43 bits per heavy atom. The van der Waals surface area contributed by atoms with E-state index in [1.165, 1.54) is 17.5 Å². The zero-order valence-corrected chi connectivity index (χ0v) is 14.3. The molecule has 0 saturated carbocycles. The normalized spacial score (nSPS) is 11.7. The molecule has 0 amide bonds. The maximum Gasteiger partial charge on any atom is 0.126 e. The standard InChI is InChI=1S/C22H27F/c1-3-5-6-7-9-22(23)21-16-14-20(15-17-21)19-12-10-18(8-4-2)11-13-19/h9-17H,3-8H2,1-2H3/b22-9+. The molecule has 2 aromatic rings. The Labute approximate surface area is 140 Å². The first-order valence-electron chi connectivity index (χ1n) is 8.80. The molecule has 0 heterocycles. The van der Waals surface area contributed by atoms with Crippen molar-refractivity contribution >= 4 is 5.83 Å². The molecular formula is C22H27F. The fourth-order valence-corrected chi connectivity index (χ4v) is 2.72. The number of unbranched alkanes of at least 4 members (excludes halogenated alkanes) is 3. The first-order chi connectivity index (χ1) is 11.2. The topological polar surface area (TPSA) is 0 Å².